The van der Waals surface area contributed by atoms with Crippen LogP contribution in [-0.4, -0.2) is 46.3 Å². The van der Waals surface area contributed by atoms with Gasteiger partial charge in [0.05, 0.1) is 47.6 Å². The zero-order valence-electron chi connectivity index (χ0n) is 23.5. The van der Waals surface area contributed by atoms with Crippen LogP contribution in [0.1, 0.15) is 31.0 Å². The summed E-state index contributed by atoms with van der Waals surface area (Å²) in [6.07, 6.45) is 4.77. The van der Waals surface area contributed by atoms with E-state index in [1.807, 2.05) is 0 Å². The standard InChI is InChI=1S/C29H25N5O7S2/c1-5-41-27(36)24-16(2)32-29-33(25(24)17-7-9-20(39-3)21(14-17)40-4)26(35)23(43-29)15-18-13-19(34(37)38)8-10-22(18)42-28-30-11-6-12-31-28/h6-15,25H,5H2,1-4H3/b23-15+/t25-/m0/s1. The Morgan fingerprint density at radius 3 is 2.56 bits per heavy atom. The largest absolute Gasteiger partial charge is 0.493 e. The molecule has 2 aromatic heterocycles. The topological polar surface area (TPSA) is 148 Å². The minimum atomic E-state index is -0.881. The van der Waals surface area contributed by atoms with Crippen molar-refractivity contribution in [3.05, 3.63) is 107 Å². The first-order chi connectivity index (χ1) is 20.7. The van der Waals surface area contributed by atoms with Crippen LogP contribution in [0.4, 0.5) is 5.69 Å². The molecule has 0 unspecified atom stereocenters. The Bertz CT molecular complexity index is 1940. The minimum absolute atomic E-state index is 0.136. The van der Waals surface area contributed by atoms with Crippen molar-refractivity contribution in [3.8, 4) is 11.5 Å². The summed E-state index contributed by atoms with van der Waals surface area (Å²) in [6.45, 7) is 3.52. The number of ether oxygens (including phenoxy) is 3. The summed E-state index contributed by atoms with van der Waals surface area (Å²) >= 11 is 2.32. The lowest BCUT2D eigenvalue weighted by Gasteiger charge is -2.25. The van der Waals surface area contributed by atoms with E-state index in [-0.39, 0.29) is 22.4 Å². The van der Waals surface area contributed by atoms with E-state index in [9.17, 15) is 19.7 Å². The number of nitro groups is 1. The van der Waals surface area contributed by atoms with E-state index in [0.717, 1.165) is 11.3 Å². The van der Waals surface area contributed by atoms with Gasteiger partial charge in [-0.3, -0.25) is 19.5 Å². The molecule has 0 radical (unpaired) electrons. The van der Waals surface area contributed by atoms with E-state index in [1.54, 1.807) is 62.6 Å². The van der Waals surface area contributed by atoms with Crippen LogP contribution in [0.2, 0.25) is 0 Å². The van der Waals surface area contributed by atoms with Crippen LogP contribution in [0.15, 0.2) is 86.0 Å². The van der Waals surface area contributed by atoms with Crippen LogP contribution in [-0.2, 0) is 9.53 Å². The van der Waals surface area contributed by atoms with Gasteiger partial charge in [0, 0.05) is 29.4 Å². The first-order valence-electron chi connectivity index (χ1n) is 12.9. The summed E-state index contributed by atoms with van der Waals surface area (Å²) in [4.78, 5) is 52.4. The van der Waals surface area contributed by atoms with Crippen molar-refractivity contribution in [1.29, 1.82) is 0 Å². The number of benzene rings is 2. The molecular formula is C29H25N5O7S2. The molecule has 0 fully saturated rings. The maximum atomic E-state index is 14.1. The van der Waals surface area contributed by atoms with Crippen LogP contribution >= 0.6 is 23.1 Å². The lowest BCUT2D eigenvalue weighted by atomic mass is 9.95. The Labute approximate surface area is 253 Å². The van der Waals surface area contributed by atoms with Crippen molar-refractivity contribution in [2.45, 2.75) is 29.9 Å². The van der Waals surface area contributed by atoms with Gasteiger partial charge >= 0.3 is 5.97 Å². The maximum absolute atomic E-state index is 14.1. The van der Waals surface area contributed by atoms with Crippen molar-refractivity contribution in [2.24, 2.45) is 4.99 Å². The Balaban J connectivity index is 1.72. The van der Waals surface area contributed by atoms with Crippen LogP contribution < -0.4 is 24.4 Å². The molecule has 1 atom stereocenters. The fraction of sp³-hybridized carbons (Fsp3) is 0.207. The highest BCUT2D eigenvalue weighted by atomic mass is 32.2. The predicted octanol–water partition coefficient (Wildman–Crippen LogP) is 3.66. The summed E-state index contributed by atoms with van der Waals surface area (Å²) in [5, 5.41) is 12.0. The number of nitro benzene ring substituents is 1. The molecule has 0 bridgehead atoms. The smallest absolute Gasteiger partial charge is 0.338 e. The first-order valence-corrected chi connectivity index (χ1v) is 14.5. The van der Waals surface area contributed by atoms with Crippen molar-refractivity contribution >= 4 is 40.8 Å². The molecular weight excluding hydrogens is 594 g/mol. The summed E-state index contributed by atoms with van der Waals surface area (Å²) in [6, 6.07) is 10.3. The number of non-ortho nitro benzene ring substituents is 1. The SMILES string of the molecule is CCOC(=O)C1=C(C)N=c2s/c(=C/c3cc([N+](=O)[O-])ccc3Sc3ncccn3)c(=O)n2[C@H]1c1ccc(OC)c(OC)c1. The molecule has 12 nitrogen and oxygen atoms in total. The summed E-state index contributed by atoms with van der Waals surface area (Å²) in [5.41, 5.74) is 1.05. The second-order valence-corrected chi connectivity index (χ2v) is 11.0. The van der Waals surface area contributed by atoms with Gasteiger partial charge < -0.3 is 14.2 Å². The van der Waals surface area contributed by atoms with Gasteiger partial charge in [-0.05, 0) is 67.1 Å². The summed E-state index contributed by atoms with van der Waals surface area (Å²) in [5.74, 6) is 0.301. The summed E-state index contributed by atoms with van der Waals surface area (Å²) in [7, 11) is 3.01. The first kappa shape index (κ1) is 29.7. The van der Waals surface area contributed by atoms with Gasteiger partial charge in [0.1, 0.15) is 0 Å². The molecule has 4 aromatic rings. The minimum Gasteiger partial charge on any atom is -0.493 e. The van der Waals surface area contributed by atoms with E-state index >= 15 is 0 Å². The molecule has 14 heteroatoms. The van der Waals surface area contributed by atoms with Gasteiger partial charge in [0.25, 0.3) is 11.2 Å². The molecule has 3 heterocycles. The van der Waals surface area contributed by atoms with Crippen LogP contribution in [0, 0.1) is 10.1 Å². The van der Waals surface area contributed by atoms with Crippen LogP contribution in [0.25, 0.3) is 6.08 Å². The fourth-order valence-electron chi connectivity index (χ4n) is 4.56. The van der Waals surface area contributed by atoms with Gasteiger partial charge in [-0.1, -0.05) is 17.4 Å². The normalized spacial score (nSPS) is 14.6. The Hall–Kier alpha value is -4.82. The van der Waals surface area contributed by atoms with Crippen LogP contribution in [0.5, 0.6) is 11.5 Å². The van der Waals surface area contributed by atoms with E-state index in [4.69, 9.17) is 14.2 Å². The number of methoxy groups -OCH3 is 2. The third-order valence-electron chi connectivity index (χ3n) is 6.47. The quantitative estimate of drug-likeness (QED) is 0.118. The van der Waals surface area contributed by atoms with Gasteiger partial charge in [-0.2, -0.15) is 0 Å². The molecule has 5 rings (SSSR count). The number of nitrogens with zero attached hydrogens (tertiary/aromatic N) is 5. The molecule has 2 aromatic carbocycles. The predicted molar refractivity (Wildman–Crippen MR) is 159 cm³/mol. The number of esters is 1. The van der Waals surface area contributed by atoms with E-state index in [0.29, 0.717) is 43.2 Å². The summed E-state index contributed by atoms with van der Waals surface area (Å²) < 4.78 is 17.9. The van der Waals surface area contributed by atoms with Crippen LogP contribution in [0.3, 0.4) is 0 Å². The average Bonchev–Trinajstić information content (AvgIpc) is 3.31. The van der Waals surface area contributed by atoms with Crippen molar-refractivity contribution in [2.75, 3.05) is 20.8 Å². The molecule has 0 aliphatic carbocycles. The van der Waals surface area contributed by atoms with Gasteiger partial charge in [0.15, 0.2) is 21.5 Å². The highest BCUT2D eigenvalue weighted by Gasteiger charge is 2.34. The molecule has 0 saturated carbocycles. The molecule has 1 aliphatic heterocycles. The molecule has 0 spiro atoms. The number of allylic oxidation sites excluding steroid dienone is 1. The Morgan fingerprint density at radius 1 is 1.14 bits per heavy atom. The molecule has 43 heavy (non-hydrogen) atoms. The molecule has 220 valence electrons. The number of hydrogen-bond acceptors (Lipinski definition) is 12. The number of hydrogen-bond donors (Lipinski definition) is 0. The number of thiazole rings is 1. The average molecular weight is 620 g/mol. The van der Waals surface area contributed by atoms with Gasteiger partial charge in [0.2, 0.25) is 0 Å². The number of carbonyl (C=O) groups is 1. The molecule has 0 amide bonds. The molecule has 0 N–H and O–H groups in total. The second kappa shape index (κ2) is 12.6. The van der Waals surface area contributed by atoms with E-state index in [1.165, 1.54) is 42.7 Å². The zero-order valence-corrected chi connectivity index (χ0v) is 25.1. The number of aromatic nitrogens is 3. The number of fused-ring (bicyclic) bond motifs is 1. The molecule has 1 aliphatic rings. The molecule has 0 saturated heterocycles. The fourth-order valence-corrected chi connectivity index (χ4v) is 6.40. The lowest BCUT2D eigenvalue weighted by Crippen LogP contribution is -2.40. The van der Waals surface area contributed by atoms with Crippen molar-refractivity contribution in [1.82, 2.24) is 14.5 Å². The number of carbonyl (C=O) groups excluding carboxylic acids is 1. The van der Waals surface area contributed by atoms with Gasteiger partial charge in [-0.15, -0.1) is 0 Å². The van der Waals surface area contributed by atoms with E-state index in [2.05, 4.69) is 15.0 Å². The monoisotopic (exact) mass is 619 g/mol. The second-order valence-electron chi connectivity index (χ2n) is 9.03. The lowest BCUT2D eigenvalue weighted by molar-refractivity contribution is -0.384. The van der Waals surface area contributed by atoms with Crippen molar-refractivity contribution < 1.29 is 23.9 Å². The zero-order chi connectivity index (χ0) is 30.7. The number of rotatable bonds is 9. The van der Waals surface area contributed by atoms with E-state index < -0.39 is 22.5 Å². The van der Waals surface area contributed by atoms with Gasteiger partial charge in [-0.25, -0.2) is 19.8 Å². The third-order valence-corrected chi connectivity index (χ3v) is 8.44. The highest BCUT2D eigenvalue weighted by molar-refractivity contribution is 7.99. The third kappa shape index (κ3) is 5.92. The van der Waals surface area contributed by atoms with Crippen molar-refractivity contribution in [3.63, 3.8) is 0 Å². The Kier molecular flexibility index (Phi) is 8.68. The maximum Gasteiger partial charge on any atom is 0.338 e. The Morgan fingerprint density at radius 2 is 1.88 bits per heavy atom. The highest BCUT2D eigenvalue weighted by Crippen LogP contribution is 2.36.